The van der Waals surface area contributed by atoms with Crippen LogP contribution in [0.2, 0.25) is 0 Å². The Balaban J connectivity index is 0.00000364. The first-order valence-electron chi connectivity index (χ1n) is 8.71. The van der Waals surface area contributed by atoms with Crippen molar-refractivity contribution in [3.63, 3.8) is 0 Å². The number of methoxy groups -OCH3 is 2. The highest BCUT2D eigenvalue weighted by atomic mass is 127. The third kappa shape index (κ3) is 7.28. The van der Waals surface area contributed by atoms with E-state index in [1.807, 2.05) is 6.92 Å². The van der Waals surface area contributed by atoms with E-state index >= 15 is 0 Å². The lowest BCUT2D eigenvalue weighted by Gasteiger charge is -2.22. The van der Waals surface area contributed by atoms with E-state index in [-0.39, 0.29) is 36.3 Å². The molecule has 154 valence electrons. The average Bonchev–Trinajstić information content (AvgIpc) is 3.07. The van der Waals surface area contributed by atoms with Gasteiger partial charge in [-0.1, -0.05) is 0 Å². The van der Waals surface area contributed by atoms with Crippen LogP contribution in [0.25, 0.3) is 0 Å². The second-order valence-corrected chi connectivity index (χ2v) is 6.08. The Kier molecular flexibility index (Phi) is 10.7. The zero-order chi connectivity index (χ0) is 18.9. The second kappa shape index (κ2) is 12.2. The first kappa shape index (κ1) is 23.7. The van der Waals surface area contributed by atoms with E-state index in [4.69, 9.17) is 9.47 Å². The number of rotatable bonds is 8. The van der Waals surface area contributed by atoms with E-state index < -0.39 is 6.61 Å². The molecule has 0 amide bonds. The fourth-order valence-corrected chi connectivity index (χ4v) is 2.98. The number of alkyl halides is 2. The topological polar surface area (TPSA) is 55.3 Å². The molecular weight excluding hydrogens is 471 g/mol. The number of ether oxygens (including phenoxy) is 3. The minimum atomic E-state index is -2.90. The van der Waals surface area contributed by atoms with Crippen LogP contribution in [-0.4, -0.2) is 57.9 Å². The van der Waals surface area contributed by atoms with Gasteiger partial charge in [-0.15, -0.1) is 24.0 Å². The Bertz CT molecular complexity index is 605. The van der Waals surface area contributed by atoms with Crippen LogP contribution < -0.4 is 14.8 Å². The molecule has 9 heteroatoms. The molecule has 6 nitrogen and oxygen atoms in total. The Morgan fingerprint density at radius 1 is 1.37 bits per heavy atom. The van der Waals surface area contributed by atoms with Gasteiger partial charge in [0.2, 0.25) is 0 Å². The van der Waals surface area contributed by atoms with Crippen molar-refractivity contribution in [3.8, 4) is 11.5 Å². The van der Waals surface area contributed by atoms with Crippen LogP contribution in [0.1, 0.15) is 18.9 Å². The van der Waals surface area contributed by atoms with E-state index in [1.165, 1.54) is 13.2 Å². The average molecular weight is 499 g/mol. The van der Waals surface area contributed by atoms with E-state index in [0.29, 0.717) is 17.2 Å². The van der Waals surface area contributed by atoms with Crippen LogP contribution in [0.3, 0.4) is 0 Å². The molecule has 0 aromatic heterocycles. The largest absolute Gasteiger partial charge is 0.497 e. The number of aliphatic imine (C=N–C) groups is 1. The summed E-state index contributed by atoms with van der Waals surface area (Å²) in [4.78, 5) is 6.78. The molecule has 0 bridgehead atoms. The van der Waals surface area contributed by atoms with Crippen molar-refractivity contribution in [2.75, 3.05) is 40.5 Å². The van der Waals surface area contributed by atoms with Crippen LogP contribution in [0.5, 0.6) is 11.5 Å². The van der Waals surface area contributed by atoms with Crippen LogP contribution in [0, 0.1) is 5.92 Å². The predicted octanol–water partition coefficient (Wildman–Crippen LogP) is 3.35. The summed E-state index contributed by atoms with van der Waals surface area (Å²) >= 11 is 0. The summed E-state index contributed by atoms with van der Waals surface area (Å²) in [6.45, 7) is 2.54. The summed E-state index contributed by atoms with van der Waals surface area (Å²) in [5.74, 6) is 1.78. The molecule has 2 rings (SSSR count). The van der Waals surface area contributed by atoms with Crippen molar-refractivity contribution < 1.29 is 23.0 Å². The van der Waals surface area contributed by atoms with Crippen LogP contribution in [-0.2, 0) is 11.3 Å². The number of nitrogens with one attached hydrogen (secondary N) is 1. The highest BCUT2D eigenvalue weighted by Crippen LogP contribution is 2.27. The second-order valence-electron chi connectivity index (χ2n) is 6.08. The highest BCUT2D eigenvalue weighted by molar-refractivity contribution is 14.0. The normalized spacial score (nSPS) is 17.0. The van der Waals surface area contributed by atoms with Gasteiger partial charge in [-0.2, -0.15) is 8.78 Å². The smallest absolute Gasteiger partial charge is 0.387 e. The lowest BCUT2D eigenvalue weighted by atomic mass is 10.1. The zero-order valence-corrected chi connectivity index (χ0v) is 18.2. The van der Waals surface area contributed by atoms with Gasteiger partial charge in [0.05, 0.1) is 20.3 Å². The number of likely N-dealkylation sites (tertiary alicyclic amines) is 1. The zero-order valence-electron chi connectivity index (χ0n) is 15.9. The maximum atomic E-state index is 12.7. The molecule has 1 fully saturated rings. The van der Waals surface area contributed by atoms with Gasteiger partial charge in [0, 0.05) is 44.3 Å². The first-order chi connectivity index (χ1) is 12.6. The molecule has 1 aliphatic heterocycles. The molecule has 27 heavy (non-hydrogen) atoms. The summed E-state index contributed by atoms with van der Waals surface area (Å²) in [6, 6.07) is 4.86. The summed E-state index contributed by atoms with van der Waals surface area (Å²) in [7, 11) is 3.18. The van der Waals surface area contributed by atoms with Crippen molar-refractivity contribution >= 4 is 29.9 Å². The van der Waals surface area contributed by atoms with E-state index in [0.717, 1.165) is 38.6 Å². The Hall–Kier alpha value is -1.36. The van der Waals surface area contributed by atoms with Gasteiger partial charge in [-0.05, 0) is 25.5 Å². The van der Waals surface area contributed by atoms with Crippen molar-refractivity contribution in [1.29, 1.82) is 0 Å². The van der Waals surface area contributed by atoms with Gasteiger partial charge in [0.15, 0.2) is 5.96 Å². The monoisotopic (exact) mass is 499 g/mol. The third-order valence-corrected chi connectivity index (χ3v) is 4.21. The lowest BCUT2D eigenvalue weighted by Crippen LogP contribution is -2.40. The number of halogens is 3. The Morgan fingerprint density at radius 2 is 2.15 bits per heavy atom. The van der Waals surface area contributed by atoms with Gasteiger partial charge < -0.3 is 24.4 Å². The van der Waals surface area contributed by atoms with Crippen molar-refractivity contribution in [3.05, 3.63) is 23.8 Å². The van der Waals surface area contributed by atoms with E-state index in [9.17, 15) is 8.78 Å². The van der Waals surface area contributed by atoms with E-state index in [2.05, 4.69) is 19.9 Å². The van der Waals surface area contributed by atoms with Gasteiger partial charge in [-0.25, -0.2) is 4.99 Å². The van der Waals surface area contributed by atoms with Crippen LogP contribution in [0.15, 0.2) is 23.2 Å². The van der Waals surface area contributed by atoms with Crippen LogP contribution >= 0.6 is 24.0 Å². The highest BCUT2D eigenvalue weighted by Gasteiger charge is 2.24. The van der Waals surface area contributed by atoms with Gasteiger partial charge in [-0.3, -0.25) is 0 Å². The fourth-order valence-electron chi connectivity index (χ4n) is 2.98. The third-order valence-electron chi connectivity index (χ3n) is 4.21. The maximum Gasteiger partial charge on any atom is 0.387 e. The maximum absolute atomic E-state index is 12.7. The number of benzene rings is 1. The van der Waals surface area contributed by atoms with Crippen molar-refractivity contribution in [2.45, 2.75) is 26.5 Å². The summed E-state index contributed by atoms with van der Waals surface area (Å²) < 4.78 is 40.3. The summed E-state index contributed by atoms with van der Waals surface area (Å²) in [6.07, 6.45) is 1.04. The van der Waals surface area contributed by atoms with Crippen molar-refractivity contribution in [2.24, 2.45) is 10.9 Å². The van der Waals surface area contributed by atoms with Gasteiger partial charge in [0.1, 0.15) is 11.5 Å². The standard InChI is InChI=1S/C18H27F2N3O3.HI/c1-4-21-18(23-8-7-13(11-23)12-24-2)22-10-14-5-6-15(25-3)9-16(14)26-17(19)20;/h5-6,9,13,17H,4,7-8,10-12H2,1-3H3,(H,21,22);1H. The minimum Gasteiger partial charge on any atom is -0.497 e. The molecule has 1 saturated heterocycles. The lowest BCUT2D eigenvalue weighted by molar-refractivity contribution is -0.0505. The molecule has 1 atom stereocenters. The van der Waals surface area contributed by atoms with E-state index in [1.54, 1.807) is 19.2 Å². The first-order valence-corrected chi connectivity index (χ1v) is 8.71. The molecule has 0 radical (unpaired) electrons. The molecule has 1 aromatic carbocycles. The number of guanidine groups is 1. The number of nitrogens with zero attached hydrogens (tertiary/aromatic N) is 2. The number of hydrogen-bond donors (Lipinski definition) is 1. The quantitative estimate of drug-likeness (QED) is 0.338. The SMILES string of the molecule is CCNC(=NCc1ccc(OC)cc1OC(F)F)N1CCC(COC)C1.I. The molecule has 1 heterocycles. The molecular formula is C18H28F2IN3O3. The molecule has 0 spiro atoms. The van der Waals surface area contributed by atoms with Gasteiger partial charge in [0.25, 0.3) is 0 Å². The predicted molar refractivity (Wildman–Crippen MR) is 111 cm³/mol. The molecule has 1 unspecified atom stereocenters. The summed E-state index contributed by atoms with van der Waals surface area (Å²) in [5, 5.41) is 3.26. The minimum absolute atomic E-state index is 0. The van der Waals surface area contributed by atoms with Crippen molar-refractivity contribution in [1.82, 2.24) is 10.2 Å². The van der Waals surface area contributed by atoms with Crippen LogP contribution in [0.4, 0.5) is 8.78 Å². The molecule has 1 aromatic rings. The number of hydrogen-bond acceptors (Lipinski definition) is 4. The summed E-state index contributed by atoms with van der Waals surface area (Å²) in [5.41, 5.74) is 0.578. The van der Waals surface area contributed by atoms with Gasteiger partial charge >= 0.3 is 6.61 Å². The Morgan fingerprint density at radius 3 is 2.78 bits per heavy atom. The molecule has 0 saturated carbocycles. The molecule has 1 N–H and O–H groups in total. The molecule has 1 aliphatic rings. The molecule has 0 aliphatic carbocycles. The Labute approximate surface area is 176 Å². The fraction of sp³-hybridized carbons (Fsp3) is 0.611.